The van der Waals surface area contributed by atoms with Gasteiger partial charge in [-0.05, 0) is 12.5 Å². The number of nitrogen functional groups attached to an aromatic ring is 1. The van der Waals surface area contributed by atoms with E-state index in [1.165, 1.54) is 0 Å². The van der Waals surface area contributed by atoms with Crippen LogP contribution in [0.5, 0.6) is 5.75 Å². The van der Waals surface area contributed by atoms with Crippen molar-refractivity contribution in [2.75, 3.05) is 12.3 Å². The van der Waals surface area contributed by atoms with E-state index in [0.717, 1.165) is 17.5 Å². The van der Waals surface area contributed by atoms with Crippen LogP contribution in [0.25, 0.3) is 22.4 Å². The average molecular weight is 270 g/mol. The van der Waals surface area contributed by atoms with Gasteiger partial charge in [-0.25, -0.2) is 9.97 Å². The Morgan fingerprint density at radius 2 is 2.20 bits per heavy atom. The molecule has 0 aliphatic rings. The number of aromatic amines is 1. The van der Waals surface area contributed by atoms with Crippen LogP contribution >= 0.6 is 0 Å². The summed E-state index contributed by atoms with van der Waals surface area (Å²) in [5.41, 5.74) is 8.45. The Morgan fingerprint density at radius 3 is 3.05 bits per heavy atom. The van der Waals surface area contributed by atoms with Crippen LogP contribution in [0.3, 0.4) is 0 Å². The lowest BCUT2D eigenvalue weighted by Gasteiger charge is -2.07. The lowest BCUT2D eigenvalue weighted by atomic mass is 10.2. The number of H-pyrrole nitrogens is 1. The molecule has 0 unspecified atom stereocenters. The van der Waals surface area contributed by atoms with Crippen molar-refractivity contribution in [3.05, 3.63) is 24.8 Å². The number of fused-ring (bicyclic) bond motifs is 1. The smallest absolute Gasteiger partial charge is 0.222 e. The number of hydrogen-bond acceptors (Lipinski definition) is 6. The second-order valence-corrected chi connectivity index (χ2v) is 4.29. The minimum absolute atomic E-state index is 0.180. The molecule has 7 heteroatoms. The van der Waals surface area contributed by atoms with E-state index in [-0.39, 0.29) is 5.95 Å². The molecule has 20 heavy (non-hydrogen) atoms. The summed E-state index contributed by atoms with van der Waals surface area (Å²) in [6.45, 7) is 2.70. The number of pyridine rings is 1. The molecule has 3 aromatic rings. The van der Waals surface area contributed by atoms with Gasteiger partial charge < -0.3 is 15.5 Å². The van der Waals surface area contributed by atoms with E-state index < -0.39 is 0 Å². The van der Waals surface area contributed by atoms with Gasteiger partial charge in [0.25, 0.3) is 0 Å². The molecule has 3 rings (SSSR count). The Balaban J connectivity index is 2.08. The number of nitrogens with zero attached hydrogens (tertiary/aromatic N) is 4. The predicted octanol–water partition coefficient (Wildman–Crippen LogP) is 1.79. The summed E-state index contributed by atoms with van der Waals surface area (Å²) in [6.07, 6.45) is 5.89. The zero-order valence-corrected chi connectivity index (χ0v) is 11.0. The van der Waals surface area contributed by atoms with Crippen LogP contribution in [0.4, 0.5) is 5.95 Å². The molecule has 0 spiro atoms. The second-order valence-electron chi connectivity index (χ2n) is 4.29. The van der Waals surface area contributed by atoms with Gasteiger partial charge in [-0.1, -0.05) is 6.92 Å². The van der Waals surface area contributed by atoms with Crippen molar-refractivity contribution in [2.24, 2.45) is 0 Å². The molecular formula is C13H14N6O. The van der Waals surface area contributed by atoms with Crippen LogP contribution in [0, 0.1) is 0 Å². The minimum Gasteiger partial charge on any atom is -0.492 e. The van der Waals surface area contributed by atoms with Crippen LogP contribution in [0.2, 0.25) is 0 Å². The lowest BCUT2D eigenvalue weighted by Crippen LogP contribution is -1.99. The molecule has 0 aliphatic heterocycles. The number of ether oxygens (including phenoxy) is 1. The number of anilines is 1. The van der Waals surface area contributed by atoms with Crippen molar-refractivity contribution in [2.45, 2.75) is 13.3 Å². The van der Waals surface area contributed by atoms with Crippen LogP contribution in [-0.2, 0) is 0 Å². The minimum atomic E-state index is 0.180. The van der Waals surface area contributed by atoms with Crippen molar-refractivity contribution in [3.63, 3.8) is 0 Å². The van der Waals surface area contributed by atoms with Crippen molar-refractivity contribution < 1.29 is 4.74 Å². The van der Waals surface area contributed by atoms with Crippen molar-refractivity contribution in [1.82, 2.24) is 24.9 Å². The number of imidazole rings is 1. The van der Waals surface area contributed by atoms with Gasteiger partial charge in [-0.3, -0.25) is 4.98 Å². The highest BCUT2D eigenvalue weighted by atomic mass is 16.5. The van der Waals surface area contributed by atoms with E-state index in [4.69, 9.17) is 10.5 Å². The Morgan fingerprint density at radius 1 is 1.30 bits per heavy atom. The van der Waals surface area contributed by atoms with Gasteiger partial charge in [0.15, 0.2) is 5.65 Å². The molecule has 0 fully saturated rings. The maximum atomic E-state index is 5.71. The van der Waals surface area contributed by atoms with E-state index in [2.05, 4.69) is 31.8 Å². The maximum absolute atomic E-state index is 5.71. The Bertz CT molecular complexity index is 739. The van der Waals surface area contributed by atoms with Gasteiger partial charge in [0.2, 0.25) is 5.95 Å². The number of rotatable bonds is 4. The molecule has 0 bridgehead atoms. The van der Waals surface area contributed by atoms with Gasteiger partial charge in [0.05, 0.1) is 19.1 Å². The summed E-state index contributed by atoms with van der Waals surface area (Å²) in [7, 11) is 0. The van der Waals surface area contributed by atoms with E-state index in [1.807, 2.05) is 6.07 Å². The Labute approximate surface area is 115 Å². The number of hydrogen-bond donors (Lipinski definition) is 2. The van der Waals surface area contributed by atoms with Crippen molar-refractivity contribution in [3.8, 4) is 17.0 Å². The monoisotopic (exact) mass is 270 g/mol. The quantitative estimate of drug-likeness (QED) is 0.749. The summed E-state index contributed by atoms with van der Waals surface area (Å²) in [5.74, 6) is 0.883. The van der Waals surface area contributed by atoms with E-state index >= 15 is 0 Å². The van der Waals surface area contributed by atoms with Gasteiger partial charge >= 0.3 is 0 Å². The van der Waals surface area contributed by atoms with Gasteiger partial charge in [-0.2, -0.15) is 4.98 Å². The molecule has 0 amide bonds. The van der Waals surface area contributed by atoms with Crippen LogP contribution in [-0.4, -0.2) is 31.5 Å². The first-order valence-corrected chi connectivity index (χ1v) is 6.32. The molecule has 102 valence electrons. The largest absolute Gasteiger partial charge is 0.492 e. The molecular weight excluding hydrogens is 256 g/mol. The first-order chi connectivity index (χ1) is 9.78. The van der Waals surface area contributed by atoms with E-state index in [9.17, 15) is 0 Å². The summed E-state index contributed by atoms with van der Waals surface area (Å²) in [4.78, 5) is 19.6. The average Bonchev–Trinajstić information content (AvgIpc) is 2.92. The standard InChI is InChI=1S/C13H14N6O/c1-2-3-20-9-4-8(5-15-6-9)10-11-12(17-7-16-11)19-13(14)18-10/h4-7H,2-3H2,1H3,(H3,14,16,17,18,19). The number of nitrogens with one attached hydrogen (secondary N) is 1. The third-order valence-corrected chi connectivity index (χ3v) is 2.76. The third-order valence-electron chi connectivity index (χ3n) is 2.76. The first kappa shape index (κ1) is 12.3. The normalized spacial score (nSPS) is 10.8. The molecule has 3 N–H and O–H groups in total. The fraction of sp³-hybridized carbons (Fsp3) is 0.231. The zero-order valence-electron chi connectivity index (χ0n) is 11.0. The molecule has 7 nitrogen and oxygen atoms in total. The van der Waals surface area contributed by atoms with Gasteiger partial charge in [0.1, 0.15) is 17.0 Å². The molecule has 0 aromatic carbocycles. The zero-order chi connectivity index (χ0) is 13.9. The molecule has 0 aliphatic carbocycles. The number of nitrogens with two attached hydrogens (primary N) is 1. The first-order valence-electron chi connectivity index (χ1n) is 6.32. The third kappa shape index (κ3) is 2.25. The fourth-order valence-corrected chi connectivity index (χ4v) is 1.91. The highest BCUT2D eigenvalue weighted by Gasteiger charge is 2.11. The molecule has 0 radical (unpaired) electrons. The van der Waals surface area contributed by atoms with Crippen LogP contribution in [0.15, 0.2) is 24.8 Å². The van der Waals surface area contributed by atoms with E-state index in [0.29, 0.717) is 23.7 Å². The summed E-state index contributed by atoms with van der Waals surface area (Å²) in [5, 5.41) is 0. The van der Waals surface area contributed by atoms with Gasteiger partial charge in [0, 0.05) is 11.8 Å². The van der Waals surface area contributed by atoms with Crippen molar-refractivity contribution in [1.29, 1.82) is 0 Å². The SMILES string of the molecule is CCCOc1cncc(-c2nc(N)nc3nc[nH]c23)c1. The van der Waals surface area contributed by atoms with E-state index in [1.54, 1.807) is 18.7 Å². The topological polar surface area (TPSA) is 103 Å². The lowest BCUT2D eigenvalue weighted by molar-refractivity contribution is 0.316. The molecule has 0 saturated carbocycles. The summed E-state index contributed by atoms with van der Waals surface area (Å²) >= 11 is 0. The van der Waals surface area contributed by atoms with Gasteiger partial charge in [-0.15, -0.1) is 0 Å². The Kier molecular flexibility index (Phi) is 3.16. The summed E-state index contributed by atoms with van der Waals surface area (Å²) in [6, 6.07) is 1.88. The highest BCUT2D eigenvalue weighted by Crippen LogP contribution is 2.26. The number of aromatic nitrogens is 5. The molecule has 0 atom stereocenters. The molecule has 3 aromatic heterocycles. The maximum Gasteiger partial charge on any atom is 0.222 e. The van der Waals surface area contributed by atoms with Crippen LogP contribution < -0.4 is 10.5 Å². The van der Waals surface area contributed by atoms with Crippen LogP contribution in [0.1, 0.15) is 13.3 Å². The summed E-state index contributed by atoms with van der Waals surface area (Å²) < 4.78 is 5.58. The highest BCUT2D eigenvalue weighted by molar-refractivity contribution is 5.87. The fourth-order valence-electron chi connectivity index (χ4n) is 1.91. The molecule has 0 saturated heterocycles. The Hall–Kier alpha value is -2.70. The second kappa shape index (κ2) is 5.12. The predicted molar refractivity (Wildman–Crippen MR) is 75.1 cm³/mol. The molecule has 3 heterocycles. The van der Waals surface area contributed by atoms with Crippen molar-refractivity contribution >= 4 is 17.1 Å².